The van der Waals surface area contributed by atoms with Crippen LogP contribution in [0.3, 0.4) is 0 Å². The third kappa shape index (κ3) is 1.61. The first-order valence-electron chi connectivity index (χ1n) is 3.65. The summed E-state index contributed by atoms with van der Waals surface area (Å²) >= 11 is 7.60. The topological polar surface area (TPSA) is 43.1 Å². The van der Waals surface area contributed by atoms with Gasteiger partial charge in [-0.3, -0.25) is 10.1 Å². The highest BCUT2D eigenvalue weighted by Crippen LogP contribution is 2.38. The van der Waals surface area contributed by atoms with E-state index in [1.54, 1.807) is 12.1 Å². The molecule has 0 aliphatic rings. The van der Waals surface area contributed by atoms with Crippen molar-refractivity contribution in [2.45, 2.75) is 4.90 Å². The summed E-state index contributed by atoms with van der Waals surface area (Å²) in [7, 11) is 0. The summed E-state index contributed by atoms with van der Waals surface area (Å²) in [5.74, 6) is 0. The molecule has 1 aromatic heterocycles. The quantitative estimate of drug-likeness (QED) is 0.373. The predicted molar refractivity (Wildman–Crippen MR) is 68.4 cm³/mol. The van der Waals surface area contributed by atoms with Gasteiger partial charge in [-0.25, -0.2) is 0 Å². The Morgan fingerprint density at radius 3 is 2.86 bits per heavy atom. The molecular formula is C8H4INO2S2. The summed E-state index contributed by atoms with van der Waals surface area (Å²) in [5, 5.41) is 11.5. The number of hydrogen-bond acceptors (Lipinski definition) is 4. The maximum atomic E-state index is 10.8. The molecule has 0 saturated heterocycles. The van der Waals surface area contributed by atoms with Gasteiger partial charge in [0.25, 0.3) is 0 Å². The fourth-order valence-electron chi connectivity index (χ4n) is 1.21. The Hall–Kier alpha value is -0.340. The molecule has 1 aromatic carbocycles. The van der Waals surface area contributed by atoms with Gasteiger partial charge in [-0.15, -0.1) is 24.0 Å². The molecule has 0 N–H and O–H groups in total. The van der Waals surface area contributed by atoms with E-state index in [0.29, 0.717) is 8.27 Å². The Morgan fingerprint density at radius 2 is 2.21 bits per heavy atom. The van der Waals surface area contributed by atoms with Gasteiger partial charge >= 0.3 is 5.69 Å². The first-order valence-corrected chi connectivity index (χ1v) is 5.99. The van der Waals surface area contributed by atoms with Crippen LogP contribution in [0.25, 0.3) is 10.1 Å². The van der Waals surface area contributed by atoms with Gasteiger partial charge in [0.15, 0.2) is 0 Å². The van der Waals surface area contributed by atoms with Crippen LogP contribution in [0.4, 0.5) is 5.69 Å². The number of hydrogen-bond donors (Lipinski definition) is 1. The standard InChI is InChI=1S/C8H4INO2S2/c9-8-7(10(11)12)5-2-1-4(13)3-6(5)14-8/h1-3,13H. The number of thiol groups is 1. The van der Waals surface area contributed by atoms with Gasteiger partial charge in [-0.2, -0.15) is 0 Å². The molecule has 3 nitrogen and oxygen atoms in total. The van der Waals surface area contributed by atoms with Crippen LogP contribution < -0.4 is 0 Å². The second-order valence-electron chi connectivity index (χ2n) is 2.66. The summed E-state index contributed by atoms with van der Waals surface area (Å²) in [5.41, 5.74) is 0.207. The highest BCUT2D eigenvalue weighted by atomic mass is 127. The number of benzene rings is 1. The number of nitrogens with zero attached hydrogens (tertiary/aromatic N) is 1. The van der Waals surface area contributed by atoms with E-state index < -0.39 is 0 Å². The third-order valence-electron chi connectivity index (χ3n) is 1.79. The summed E-state index contributed by atoms with van der Waals surface area (Å²) in [4.78, 5) is 11.3. The first kappa shape index (κ1) is 10.2. The molecule has 0 amide bonds. The highest BCUT2D eigenvalue weighted by Gasteiger charge is 2.19. The van der Waals surface area contributed by atoms with Crippen molar-refractivity contribution in [2.24, 2.45) is 0 Å². The van der Waals surface area contributed by atoms with Crippen LogP contribution in [0.5, 0.6) is 0 Å². The van der Waals surface area contributed by atoms with Gasteiger partial charge in [0.2, 0.25) is 0 Å². The molecule has 14 heavy (non-hydrogen) atoms. The van der Waals surface area contributed by atoms with Crippen LogP contribution in [-0.4, -0.2) is 4.92 Å². The van der Waals surface area contributed by atoms with Crippen molar-refractivity contribution in [3.63, 3.8) is 0 Å². The van der Waals surface area contributed by atoms with Crippen molar-refractivity contribution in [1.29, 1.82) is 0 Å². The molecule has 0 unspecified atom stereocenters. The molecule has 0 spiro atoms. The van der Waals surface area contributed by atoms with Gasteiger partial charge in [0, 0.05) is 9.60 Å². The lowest BCUT2D eigenvalue weighted by molar-refractivity contribution is -0.383. The Balaban J connectivity index is 2.84. The lowest BCUT2D eigenvalue weighted by Gasteiger charge is -1.91. The second-order valence-corrected chi connectivity index (χ2v) is 6.04. The first-order chi connectivity index (χ1) is 6.59. The average Bonchev–Trinajstić information content (AvgIpc) is 2.39. The smallest absolute Gasteiger partial charge is 0.258 e. The molecule has 1 heterocycles. The minimum atomic E-state index is -0.335. The molecule has 0 saturated carbocycles. The number of rotatable bonds is 1. The van der Waals surface area contributed by atoms with Crippen molar-refractivity contribution >= 4 is 62.3 Å². The van der Waals surface area contributed by atoms with E-state index in [1.807, 2.05) is 28.7 Å². The minimum absolute atomic E-state index is 0.207. The van der Waals surface area contributed by atoms with E-state index in [9.17, 15) is 10.1 Å². The Labute approximate surface area is 103 Å². The summed E-state index contributed by atoms with van der Waals surface area (Å²) in [6, 6.07) is 5.36. The predicted octanol–water partition coefficient (Wildman–Crippen LogP) is 3.70. The number of thiophene rings is 1. The van der Waals surface area contributed by atoms with Crippen LogP contribution >= 0.6 is 46.6 Å². The van der Waals surface area contributed by atoms with Crippen molar-refractivity contribution in [3.8, 4) is 0 Å². The van der Waals surface area contributed by atoms with Crippen molar-refractivity contribution in [1.82, 2.24) is 0 Å². The highest BCUT2D eigenvalue weighted by molar-refractivity contribution is 14.1. The van der Waals surface area contributed by atoms with Crippen LogP contribution in [0.15, 0.2) is 23.1 Å². The van der Waals surface area contributed by atoms with E-state index in [1.165, 1.54) is 11.3 Å². The Morgan fingerprint density at radius 1 is 1.50 bits per heavy atom. The van der Waals surface area contributed by atoms with Gasteiger partial charge < -0.3 is 0 Å². The fraction of sp³-hybridized carbons (Fsp3) is 0. The van der Waals surface area contributed by atoms with Crippen LogP contribution in [-0.2, 0) is 0 Å². The molecule has 6 heteroatoms. The molecular weight excluding hydrogens is 333 g/mol. The number of nitro groups is 1. The van der Waals surface area contributed by atoms with Gasteiger partial charge in [-0.05, 0) is 40.8 Å². The Bertz CT molecular complexity index is 523. The Kier molecular flexibility index (Phi) is 2.67. The fourth-order valence-corrected chi connectivity index (χ4v) is 3.64. The zero-order valence-electron chi connectivity index (χ0n) is 6.73. The summed E-state index contributed by atoms with van der Waals surface area (Å²) in [6.45, 7) is 0. The molecule has 0 aliphatic heterocycles. The normalized spacial score (nSPS) is 10.7. The molecule has 2 rings (SSSR count). The molecule has 0 aliphatic carbocycles. The minimum Gasteiger partial charge on any atom is -0.258 e. The van der Waals surface area contributed by atoms with E-state index in [0.717, 1.165) is 9.60 Å². The molecule has 2 aromatic rings. The van der Waals surface area contributed by atoms with Crippen molar-refractivity contribution in [3.05, 3.63) is 31.2 Å². The average molecular weight is 337 g/mol. The number of fused-ring (bicyclic) bond motifs is 1. The van der Waals surface area contributed by atoms with Crippen LogP contribution in [0.1, 0.15) is 0 Å². The van der Waals surface area contributed by atoms with Crippen LogP contribution in [0, 0.1) is 13.0 Å². The van der Waals surface area contributed by atoms with Gasteiger partial charge in [0.1, 0.15) is 2.88 Å². The van der Waals surface area contributed by atoms with E-state index in [2.05, 4.69) is 12.6 Å². The molecule has 0 bridgehead atoms. The lowest BCUT2D eigenvalue weighted by Crippen LogP contribution is -1.87. The largest absolute Gasteiger partial charge is 0.301 e. The zero-order chi connectivity index (χ0) is 10.3. The molecule has 72 valence electrons. The van der Waals surface area contributed by atoms with Crippen molar-refractivity contribution in [2.75, 3.05) is 0 Å². The zero-order valence-corrected chi connectivity index (χ0v) is 10.6. The van der Waals surface area contributed by atoms with Crippen LogP contribution in [0.2, 0.25) is 0 Å². The summed E-state index contributed by atoms with van der Waals surface area (Å²) < 4.78 is 1.62. The van der Waals surface area contributed by atoms with E-state index in [-0.39, 0.29) is 10.6 Å². The van der Waals surface area contributed by atoms with E-state index in [4.69, 9.17) is 0 Å². The summed E-state index contributed by atoms with van der Waals surface area (Å²) in [6.07, 6.45) is 0. The SMILES string of the molecule is O=[N+]([O-])c1c(I)sc2cc(S)ccc12. The van der Waals surface area contributed by atoms with Crippen molar-refractivity contribution < 1.29 is 4.92 Å². The maximum absolute atomic E-state index is 10.8. The van der Waals surface area contributed by atoms with E-state index >= 15 is 0 Å². The maximum Gasteiger partial charge on any atom is 0.301 e. The lowest BCUT2D eigenvalue weighted by atomic mass is 10.2. The van der Waals surface area contributed by atoms with Gasteiger partial charge in [-0.1, -0.05) is 0 Å². The second kappa shape index (κ2) is 3.67. The molecule has 0 fully saturated rings. The van der Waals surface area contributed by atoms with Gasteiger partial charge in [0.05, 0.1) is 10.3 Å². The molecule has 0 atom stereocenters. The third-order valence-corrected chi connectivity index (χ3v) is 4.17. The number of halogens is 1. The monoisotopic (exact) mass is 337 g/mol. The molecule has 0 radical (unpaired) electrons.